The zero-order chi connectivity index (χ0) is 13.6. The largest absolute Gasteiger partial charge is 0.349 e. The molecule has 4 heteroatoms. The summed E-state index contributed by atoms with van der Waals surface area (Å²) in [6.45, 7) is 1.86. The molecular weight excluding hydrogens is 248 g/mol. The van der Waals surface area contributed by atoms with Crippen LogP contribution in [0.4, 0.5) is 0 Å². The molecule has 2 aromatic heterocycles. The third-order valence-electron chi connectivity index (χ3n) is 3.38. The Kier molecular flexibility index (Phi) is 4.04. The van der Waals surface area contributed by atoms with Crippen LogP contribution in [0.3, 0.4) is 0 Å². The molecule has 0 aliphatic rings. The van der Waals surface area contributed by atoms with Crippen LogP contribution in [0.1, 0.15) is 17.8 Å². The maximum atomic E-state index is 4.38. The van der Waals surface area contributed by atoms with E-state index in [0.717, 1.165) is 37.3 Å². The molecule has 2 N–H and O–H groups in total. The molecule has 4 nitrogen and oxygen atoms in total. The lowest BCUT2D eigenvalue weighted by molar-refractivity contribution is 0.642. The van der Waals surface area contributed by atoms with E-state index in [2.05, 4.69) is 44.5 Å². The number of aryl methyl sites for hydroxylation is 1. The normalized spacial score (nSPS) is 11.0. The minimum atomic E-state index is 0.876. The Morgan fingerprint density at radius 2 is 2.00 bits per heavy atom. The number of H-pyrrole nitrogens is 1. The van der Waals surface area contributed by atoms with Crippen LogP contribution < -0.4 is 5.32 Å². The quantitative estimate of drug-likeness (QED) is 0.674. The molecule has 0 aliphatic heterocycles. The summed E-state index contributed by atoms with van der Waals surface area (Å²) in [7, 11) is 0. The molecule has 2 heterocycles. The van der Waals surface area contributed by atoms with Gasteiger partial charge in [-0.3, -0.25) is 4.98 Å². The van der Waals surface area contributed by atoms with E-state index >= 15 is 0 Å². The van der Waals surface area contributed by atoms with E-state index in [9.17, 15) is 0 Å². The molecule has 0 saturated carbocycles. The van der Waals surface area contributed by atoms with Crippen molar-refractivity contribution in [3.63, 3.8) is 0 Å². The maximum absolute atomic E-state index is 4.38. The summed E-state index contributed by atoms with van der Waals surface area (Å²) >= 11 is 0. The number of fused-ring (bicyclic) bond motifs is 1. The standard InChI is InChI=1S/C16H18N4/c1-2-5-15-14(4-1)13(7-9-18-15)12-17-8-3-6-16-19-10-11-20-16/h1-2,4-5,7,9-11,17H,3,6,8,12H2,(H,19,20). The van der Waals surface area contributed by atoms with Crippen LogP contribution in [-0.2, 0) is 13.0 Å². The van der Waals surface area contributed by atoms with Gasteiger partial charge in [-0.05, 0) is 30.7 Å². The molecule has 0 radical (unpaired) electrons. The van der Waals surface area contributed by atoms with Gasteiger partial charge in [-0.25, -0.2) is 4.98 Å². The molecule has 3 rings (SSSR count). The molecule has 0 amide bonds. The van der Waals surface area contributed by atoms with E-state index in [1.54, 1.807) is 6.20 Å². The van der Waals surface area contributed by atoms with E-state index in [1.807, 2.05) is 18.5 Å². The van der Waals surface area contributed by atoms with E-state index in [4.69, 9.17) is 0 Å². The molecular formula is C16H18N4. The van der Waals surface area contributed by atoms with Crippen LogP contribution in [0.5, 0.6) is 0 Å². The summed E-state index contributed by atoms with van der Waals surface area (Å²) in [6.07, 6.45) is 7.60. The lowest BCUT2D eigenvalue weighted by Gasteiger charge is -2.07. The lowest BCUT2D eigenvalue weighted by atomic mass is 10.1. The summed E-state index contributed by atoms with van der Waals surface area (Å²) in [4.78, 5) is 11.7. The first-order valence-corrected chi connectivity index (χ1v) is 6.95. The monoisotopic (exact) mass is 266 g/mol. The van der Waals surface area contributed by atoms with Gasteiger partial charge in [-0.2, -0.15) is 0 Å². The smallest absolute Gasteiger partial charge is 0.106 e. The second-order valence-electron chi connectivity index (χ2n) is 4.80. The molecule has 102 valence electrons. The van der Waals surface area contributed by atoms with Gasteiger partial charge in [0.05, 0.1) is 5.52 Å². The lowest BCUT2D eigenvalue weighted by Crippen LogP contribution is -2.15. The van der Waals surface area contributed by atoms with E-state index < -0.39 is 0 Å². The highest BCUT2D eigenvalue weighted by Crippen LogP contribution is 2.15. The SMILES string of the molecule is c1ccc2c(CNCCCc3ncc[nH]3)ccnc2c1. The average Bonchev–Trinajstić information content (AvgIpc) is 3.00. The second kappa shape index (κ2) is 6.30. The van der Waals surface area contributed by atoms with E-state index in [0.29, 0.717) is 0 Å². The van der Waals surface area contributed by atoms with Crippen molar-refractivity contribution >= 4 is 10.9 Å². The number of pyridine rings is 1. The number of benzene rings is 1. The minimum absolute atomic E-state index is 0.876. The zero-order valence-electron chi connectivity index (χ0n) is 11.3. The molecule has 0 fully saturated rings. The van der Waals surface area contributed by atoms with Crippen LogP contribution in [0.25, 0.3) is 10.9 Å². The van der Waals surface area contributed by atoms with E-state index in [-0.39, 0.29) is 0 Å². The number of imidazole rings is 1. The van der Waals surface area contributed by atoms with Crippen molar-refractivity contribution in [2.75, 3.05) is 6.54 Å². The predicted octanol–water partition coefficient (Wildman–Crippen LogP) is 2.68. The Hall–Kier alpha value is -2.20. The molecule has 0 saturated heterocycles. The van der Waals surface area contributed by atoms with Gasteiger partial charge in [0.25, 0.3) is 0 Å². The van der Waals surface area contributed by atoms with Crippen molar-refractivity contribution in [3.05, 3.63) is 60.3 Å². The fraction of sp³-hybridized carbons (Fsp3) is 0.250. The Bertz CT molecular complexity index is 656. The highest BCUT2D eigenvalue weighted by molar-refractivity contribution is 5.81. The molecule has 0 bridgehead atoms. The van der Waals surface area contributed by atoms with Crippen molar-refractivity contribution in [3.8, 4) is 0 Å². The van der Waals surface area contributed by atoms with Gasteiger partial charge in [-0.15, -0.1) is 0 Å². The molecule has 1 aromatic carbocycles. The van der Waals surface area contributed by atoms with Crippen LogP contribution in [-0.4, -0.2) is 21.5 Å². The summed E-state index contributed by atoms with van der Waals surface area (Å²) in [5.41, 5.74) is 2.36. The van der Waals surface area contributed by atoms with Crippen molar-refractivity contribution < 1.29 is 0 Å². The summed E-state index contributed by atoms with van der Waals surface area (Å²) < 4.78 is 0. The van der Waals surface area contributed by atoms with Crippen LogP contribution >= 0.6 is 0 Å². The van der Waals surface area contributed by atoms with Gasteiger partial charge < -0.3 is 10.3 Å². The third kappa shape index (κ3) is 3.03. The fourth-order valence-corrected chi connectivity index (χ4v) is 2.35. The molecule has 0 atom stereocenters. The second-order valence-corrected chi connectivity index (χ2v) is 4.80. The van der Waals surface area contributed by atoms with Gasteiger partial charge in [-0.1, -0.05) is 18.2 Å². The van der Waals surface area contributed by atoms with Gasteiger partial charge >= 0.3 is 0 Å². The highest BCUT2D eigenvalue weighted by Gasteiger charge is 2.00. The van der Waals surface area contributed by atoms with Gasteiger partial charge in [0.2, 0.25) is 0 Å². The topological polar surface area (TPSA) is 53.6 Å². The number of hydrogen-bond acceptors (Lipinski definition) is 3. The van der Waals surface area contributed by atoms with Gasteiger partial charge in [0.1, 0.15) is 5.82 Å². The van der Waals surface area contributed by atoms with Crippen molar-refractivity contribution in [2.24, 2.45) is 0 Å². The van der Waals surface area contributed by atoms with Crippen LogP contribution in [0.2, 0.25) is 0 Å². The number of aromatic nitrogens is 3. The number of rotatable bonds is 6. The number of nitrogens with one attached hydrogen (secondary N) is 2. The molecule has 3 aromatic rings. The molecule has 20 heavy (non-hydrogen) atoms. The van der Waals surface area contributed by atoms with Crippen molar-refractivity contribution in [1.82, 2.24) is 20.3 Å². The number of nitrogens with zero attached hydrogens (tertiary/aromatic N) is 2. The third-order valence-corrected chi connectivity index (χ3v) is 3.38. The van der Waals surface area contributed by atoms with Crippen LogP contribution in [0.15, 0.2) is 48.9 Å². The predicted molar refractivity (Wildman–Crippen MR) is 80.4 cm³/mol. The Morgan fingerprint density at radius 3 is 2.90 bits per heavy atom. The summed E-state index contributed by atoms with van der Waals surface area (Å²) in [6, 6.07) is 10.3. The molecule has 0 aliphatic carbocycles. The van der Waals surface area contributed by atoms with Crippen molar-refractivity contribution in [2.45, 2.75) is 19.4 Å². The Balaban J connectivity index is 1.52. The number of para-hydroxylation sites is 1. The summed E-state index contributed by atoms with van der Waals surface area (Å²) in [5.74, 6) is 1.06. The Morgan fingerprint density at radius 1 is 1.05 bits per heavy atom. The van der Waals surface area contributed by atoms with Gasteiger partial charge in [0, 0.05) is 36.9 Å². The maximum Gasteiger partial charge on any atom is 0.106 e. The first kappa shape index (κ1) is 12.8. The first-order chi connectivity index (χ1) is 9.93. The fourth-order valence-electron chi connectivity index (χ4n) is 2.35. The van der Waals surface area contributed by atoms with Gasteiger partial charge in [0.15, 0.2) is 0 Å². The van der Waals surface area contributed by atoms with Crippen LogP contribution in [0, 0.1) is 0 Å². The minimum Gasteiger partial charge on any atom is -0.349 e. The zero-order valence-corrected chi connectivity index (χ0v) is 11.3. The average molecular weight is 266 g/mol. The van der Waals surface area contributed by atoms with E-state index in [1.165, 1.54) is 10.9 Å². The van der Waals surface area contributed by atoms with Crippen molar-refractivity contribution in [1.29, 1.82) is 0 Å². The molecule has 0 unspecified atom stereocenters. The Labute approximate surface area is 118 Å². The number of hydrogen-bond donors (Lipinski definition) is 2. The highest BCUT2D eigenvalue weighted by atomic mass is 14.9. The number of aromatic amines is 1. The molecule has 0 spiro atoms. The summed E-state index contributed by atoms with van der Waals surface area (Å²) in [5, 5.41) is 4.72. The first-order valence-electron chi connectivity index (χ1n) is 6.95.